The minimum atomic E-state index is -0.190. The third kappa shape index (κ3) is 2.97. The summed E-state index contributed by atoms with van der Waals surface area (Å²) in [7, 11) is 0. The van der Waals surface area contributed by atoms with Crippen LogP contribution in [-0.2, 0) is 6.42 Å². The summed E-state index contributed by atoms with van der Waals surface area (Å²) in [5, 5.41) is 12.5. The van der Waals surface area contributed by atoms with Crippen molar-refractivity contribution in [1.82, 2.24) is 10.2 Å². The molecule has 1 amide bonds. The van der Waals surface area contributed by atoms with Gasteiger partial charge in [0.2, 0.25) is 0 Å². The van der Waals surface area contributed by atoms with E-state index in [4.69, 9.17) is 0 Å². The zero-order chi connectivity index (χ0) is 17.9. The van der Waals surface area contributed by atoms with Gasteiger partial charge in [0.05, 0.1) is 5.69 Å². The van der Waals surface area contributed by atoms with E-state index in [9.17, 15) is 4.79 Å². The smallest absolute Gasteiger partial charge is 0.273 e. The van der Waals surface area contributed by atoms with Crippen LogP contribution in [0.15, 0.2) is 72.8 Å². The molecule has 4 nitrogen and oxygen atoms in total. The number of aromatic nitrogens is 2. The number of carbonyl (C=O) groups excluding carboxylic acids is 1. The lowest BCUT2D eigenvalue weighted by atomic mass is 10.0. The number of para-hydroxylation sites is 1. The molecule has 2 N–H and O–H groups in total. The Balaban J connectivity index is 1.64. The van der Waals surface area contributed by atoms with Gasteiger partial charge in [-0.05, 0) is 34.9 Å². The summed E-state index contributed by atoms with van der Waals surface area (Å²) in [5.74, 6) is -0.190. The maximum absolute atomic E-state index is 12.6. The topological polar surface area (TPSA) is 57.8 Å². The Morgan fingerprint density at radius 2 is 1.77 bits per heavy atom. The minimum absolute atomic E-state index is 0.190. The highest BCUT2D eigenvalue weighted by atomic mass is 16.1. The minimum Gasteiger partial charge on any atom is -0.320 e. The normalized spacial score (nSPS) is 10.8. The predicted molar refractivity (Wildman–Crippen MR) is 105 cm³/mol. The Labute approximate surface area is 151 Å². The van der Waals surface area contributed by atoms with Gasteiger partial charge in [-0.2, -0.15) is 5.10 Å². The Morgan fingerprint density at radius 1 is 1.00 bits per heavy atom. The average Bonchev–Trinajstić information content (AvgIpc) is 3.18. The van der Waals surface area contributed by atoms with Crippen molar-refractivity contribution in [3.8, 4) is 11.3 Å². The van der Waals surface area contributed by atoms with E-state index in [0.717, 1.165) is 39.7 Å². The van der Waals surface area contributed by atoms with E-state index in [2.05, 4.69) is 40.6 Å². The van der Waals surface area contributed by atoms with E-state index in [1.165, 1.54) is 0 Å². The van der Waals surface area contributed by atoms with Gasteiger partial charge in [0.1, 0.15) is 5.69 Å². The summed E-state index contributed by atoms with van der Waals surface area (Å²) in [6.45, 7) is 2.07. The Kier molecular flexibility index (Phi) is 4.23. The van der Waals surface area contributed by atoms with Crippen LogP contribution < -0.4 is 5.32 Å². The lowest BCUT2D eigenvalue weighted by molar-refractivity contribution is 0.102. The van der Waals surface area contributed by atoms with Crippen molar-refractivity contribution >= 4 is 22.4 Å². The largest absolute Gasteiger partial charge is 0.320 e. The molecule has 0 saturated carbocycles. The molecule has 0 unspecified atom stereocenters. The number of H-pyrrole nitrogens is 1. The zero-order valence-corrected chi connectivity index (χ0v) is 14.5. The first-order valence-corrected chi connectivity index (χ1v) is 8.69. The number of hydrogen-bond acceptors (Lipinski definition) is 2. The zero-order valence-electron chi connectivity index (χ0n) is 14.5. The fourth-order valence-corrected chi connectivity index (χ4v) is 3.16. The highest BCUT2D eigenvalue weighted by Gasteiger charge is 2.13. The Morgan fingerprint density at radius 3 is 2.65 bits per heavy atom. The number of fused-ring (bicyclic) bond motifs is 1. The van der Waals surface area contributed by atoms with Crippen LogP contribution in [0.5, 0.6) is 0 Å². The maximum atomic E-state index is 12.6. The van der Waals surface area contributed by atoms with Crippen molar-refractivity contribution in [2.45, 2.75) is 13.3 Å². The molecule has 0 spiro atoms. The number of hydrogen-bond donors (Lipinski definition) is 2. The van der Waals surface area contributed by atoms with Gasteiger partial charge >= 0.3 is 0 Å². The monoisotopic (exact) mass is 341 g/mol. The number of carbonyl (C=O) groups is 1. The van der Waals surface area contributed by atoms with Gasteiger partial charge in [0, 0.05) is 11.3 Å². The highest BCUT2D eigenvalue weighted by Crippen LogP contribution is 2.27. The first kappa shape index (κ1) is 16.1. The summed E-state index contributed by atoms with van der Waals surface area (Å²) in [6, 6.07) is 23.9. The number of rotatable bonds is 4. The first-order chi connectivity index (χ1) is 12.8. The standard InChI is InChI=1S/C22H19N3O/c1-2-15-8-4-6-13-19(15)23-22(26)21-14-20(24-25-21)18-12-7-10-16-9-3-5-11-17(16)18/h3-14H,2H2,1H3,(H,23,26)(H,24,25). The summed E-state index contributed by atoms with van der Waals surface area (Å²) in [6.07, 6.45) is 0.862. The maximum Gasteiger partial charge on any atom is 0.273 e. The van der Waals surface area contributed by atoms with Crippen LogP contribution in [0.25, 0.3) is 22.0 Å². The van der Waals surface area contributed by atoms with Crippen molar-refractivity contribution in [3.05, 3.63) is 84.1 Å². The summed E-state index contributed by atoms with van der Waals surface area (Å²) in [4.78, 5) is 12.6. The summed E-state index contributed by atoms with van der Waals surface area (Å²) in [5.41, 5.74) is 4.15. The third-order valence-electron chi connectivity index (χ3n) is 4.53. The van der Waals surface area contributed by atoms with Gasteiger partial charge in [0.25, 0.3) is 5.91 Å². The molecule has 1 aromatic heterocycles. The van der Waals surface area contributed by atoms with Gasteiger partial charge in [0.15, 0.2) is 0 Å². The van der Waals surface area contributed by atoms with Crippen molar-refractivity contribution in [1.29, 1.82) is 0 Å². The molecule has 0 aliphatic heterocycles. The fourth-order valence-electron chi connectivity index (χ4n) is 3.16. The SMILES string of the molecule is CCc1ccccc1NC(=O)c1cc(-c2cccc3ccccc23)n[nH]1. The van der Waals surface area contributed by atoms with Crippen LogP contribution in [0.3, 0.4) is 0 Å². The summed E-state index contributed by atoms with van der Waals surface area (Å²) >= 11 is 0. The molecule has 3 aromatic carbocycles. The molecule has 4 rings (SSSR count). The van der Waals surface area contributed by atoms with Crippen LogP contribution in [0.4, 0.5) is 5.69 Å². The third-order valence-corrected chi connectivity index (χ3v) is 4.53. The van der Waals surface area contributed by atoms with E-state index >= 15 is 0 Å². The summed E-state index contributed by atoms with van der Waals surface area (Å²) < 4.78 is 0. The van der Waals surface area contributed by atoms with Crippen LogP contribution in [0.1, 0.15) is 23.0 Å². The van der Waals surface area contributed by atoms with Gasteiger partial charge in [-0.15, -0.1) is 0 Å². The fraction of sp³-hybridized carbons (Fsp3) is 0.0909. The first-order valence-electron chi connectivity index (χ1n) is 8.69. The second-order valence-electron chi connectivity index (χ2n) is 6.16. The van der Waals surface area contributed by atoms with Crippen LogP contribution in [0.2, 0.25) is 0 Å². The van der Waals surface area contributed by atoms with Crippen molar-refractivity contribution < 1.29 is 4.79 Å². The molecule has 0 aliphatic carbocycles. The molecule has 1 heterocycles. The van der Waals surface area contributed by atoms with E-state index < -0.39 is 0 Å². The molecule has 0 saturated heterocycles. The number of nitrogens with one attached hydrogen (secondary N) is 2. The predicted octanol–water partition coefficient (Wildman–Crippen LogP) is 5.04. The highest BCUT2D eigenvalue weighted by molar-refractivity contribution is 6.04. The van der Waals surface area contributed by atoms with Gasteiger partial charge in [-0.3, -0.25) is 9.89 Å². The molecule has 4 aromatic rings. The molecule has 128 valence electrons. The Bertz CT molecular complexity index is 1080. The molecule has 26 heavy (non-hydrogen) atoms. The average molecular weight is 341 g/mol. The lowest BCUT2D eigenvalue weighted by Crippen LogP contribution is -2.13. The Hall–Kier alpha value is -3.40. The molecule has 4 heteroatoms. The number of aryl methyl sites for hydroxylation is 1. The van der Waals surface area contributed by atoms with Gasteiger partial charge < -0.3 is 5.32 Å². The lowest BCUT2D eigenvalue weighted by Gasteiger charge is -2.08. The van der Waals surface area contributed by atoms with Gasteiger partial charge in [-0.1, -0.05) is 67.6 Å². The number of anilines is 1. The van der Waals surface area contributed by atoms with Gasteiger partial charge in [-0.25, -0.2) is 0 Å². The van der Waals surface area contributed by atoms with Crippen LogP contribution in [0, 0.1) is 0 Å². The molecular formula is C22H19N3O. The molecule has 0 radical (unpaired) electrons. The van der Waals surface area contributed by atoms with Crippen molar-refractivity contribution in [3.63, 3.8) is 0 Å². The van der Waals surface area contributed by atoms with Crippen LogP contribution in [-0.4, -0.2) is 16.1 Å². The van der Waals surface area contributed by atoms with E-state index in [0.29, 0.717) is 5.69 Å². The number of amides is 1. The van der Waals surface area contributed by atoms with Crippen LogP contribution >= 0.6 is 0 Å². The number of aromatic amines is 1. The van der Waals surface area contributed by atoms with Crippen molar-refractivity contribution in [2.24, 2.45) is 0 Å². The van der Waals surface area contributed by atoms with E-state index in [1.807, 2.05) is 48.5 Å². The second-order valence-corrected chi connectivity index (χ2v) is 6.16. The number of benzene rings is 3. The molecule has 0 atom stereocenters. The van der Waals surface area contributed by atoms with Crippen molar-refractivity contribution in [2.75, 3.05) is 5.32 Å². The quantitative estimate of drug-likeness (QED) is 0.546. The van der Waals surface area contributed by atoms with E-state index in [-0.39, 0.29) is 5.91 Å². The van der Waals surface area contributed by atoms with E-state index in [1.54, 1.807) is 6.07 Å². The number of nitrogens with zero attached hydrogens (tertiary/aromatic N) is 1. The molecule has 0 bridgehead atoms. The molecular weight excluding hydrogens is 322 g/mol. The second kappa shape index (κ2) is 6.84. The molecule has 0 fully saturated rings. The molecule has 0 aliphatic rings.